The van der Waals surface area contributed by atoms with Crippen LogP contribution >= 0.6 is 0 Å². The molecule has 0 atom stereocenters. The first kappa shape index (κ1) is 10.4. The Morgan fingerprint density at radius 2 is 2.45 bits per heavy atom. The molecule has 0 spiro atoms. The molecule has 1 heterocycles. The van der Waals surface area contributed by atoms with Crippen LogP contribution in [0.1, 0.15) is 0 Å². The van der Waals surface area contributed by atoms with Crippen LogP contribution in [0, 0.1) is 0 Å². The standard InChI is InChI=1S/C6H10N2O2.ClH/c1-7-2-3-8(5-7)4-6(9)10;/h3H,2,4-5H2,1H3;1H. The van der Waals surface area contributed by atoms with Gasteiger partial charge in [-0.15, -0.1) is 0 Å². The highest BCUT2D eigenvalue weighted by molar-refractivity contribution is 5.69. The second kappa shape index (κ2) is 4.31. The van der Waals surface area contributed by atoms with Crippen molar-refractivity contribution in [1.29, 1.82) is 0 Å². The van der Waals surface area contributed by atoms with Gasteiger partial charge in [0.1, 0.15) is 0 Å². The molecule has 0 amide bonds. The molecule has 0 bridgehead atoms. The second-order valence-corrected chi connectivity index (χ2v) is 2.50. The lowest BCUT2D eigenvalue weighted by Crippen LogP contribution is -3.00. The van der Waals surface area contributed by atoms with Crippen molar-refractivity contribution in [1.82, 2.24) is 4.90 Å². The summed E-state index contributed by atoms with van der Waals surface area (Å²) in [5, 5.41) is 8.38. The summed E-state index contributed by atoms with van der Waals surface area (Å²) in [7, 11) is 1.96. The first-order valence-electron chi connectivity index (χ1n) is 3.16. The lowest BCUT2D eigenvalue weighted by atomic mass is 10.6. The van der Waals surface area contributed by atoms with Crippen LogP contribution in [-0.4, -0.2) is 53.6 Å². The van der Waals surface area contributed by atoms with Crippen LogP contribution in [0.2, 0.25) is 0 Å². The van der Waals surface area contributed by atoms with Crippen molar-refractivity contribution in [2.75, 3.05) is 26.8 Å². The van der Waals surface area contributed by atoms with Crippen molar-refractivity contribution >= 4 is 12.2 Å². The van der Waals surface area contributed by atoms with Gasteiger partial charge in [-0.1, -0.05) is 0 Å². The molecule has 4 nitrogen and oxygen atoms in total. The molecular formula is C6H11ClN2O2. The maximum atomic E-state index is 10.2. The van der Waals surface area contributed by atoms with E-state index >= 15 is 0 Å². The highest BCUT2D eigenvalue weighted by Crippen LogP contribution is 1.89. The average molecular weight is 179 g/mol. The molecule has 0 aromatic heterocycles. The summed E-state index contributed by atoms with van der Waals surface area (Å²) in [5.74, 6) is -0.772. The number of hydrogen-bond acceptors (Lipinski definition) is 2. The van der Waals surface area contributed by atoms with Gasteiger partial charge in [0.2, 0.25) is 6.54 Å². The van der Waals surface area contributed by atoms with Crippen molar-refractivity contribution in [2.45, 2.75) is 0 Å². The van der Waals surface area contributed by atoms with Crippen LogP contribution in [0.25, 0.3) is 0 Å². The number of carboxylic acid groups (broad SMARTS) is 1. The minimum Gasteiger partial charge on any atom is -1.00 e. The number of rotatable bonds is 2. The molecule has 0 aromatic carbocycles. The summed E-state index contributed by atoms with van der Waals surface area (Å²) in [4.78, 5) is 12.2. The molecule has 0 radical (unpaired) electrons. The number of carbonyl (C=O) groups is 1. The number of hydrogen-bond donors (Lipinski definition) is 1. The molecule has 1 N–H and O–H groups in total. The predicted molar refractivity (Wildman–Crippen MR) is 36.3 cm³/mol. The molecule has 1 aliphatic rings. The Hall–Kier alpha value is -0.610. The van der Waals surface area contributed by atoms with Crippen LogP contribution in [0.4, 0.5) is 0 Å². The maximum absolute atomic E-state index is 10.2. The zero-order valence-electron chi connectivity index (χ0n) is 6.33. The van der Waals surface area contributed by atoms with Crippen molar-refractivity contribution in [3.63, 3.8) is 0 Å². The number of halogens is 1. The van der Waals surface area contributed by atoms with Gasteiger partial charge in [-0.05, 0) is 7.05 Å². The first-order chi connectivity index (χ1) is 4.68. The molecule has 0 saturated heterocycles. The summed E-state index contributed by atoms with van der Waals surface area (Å²) in [6, 6.07) is 0. The van der Waals surface area contributed by atoms with Gasteiger partial charge in [-0.3, -0.25) is 0 Å². The summed E-state index contributed by atoms with van der Waals surface area (Å²) in [5.41, 5.74) is 0. The summed E-state index contributed by atoms with van der Waals surface area (Å²) < 4.78 is 1.78. The van der Waals surface area contributed by atoms with E-state index in [0.29, 0.717) is 0 Å². The van der Waals surface area contributed by atoms with E-state index in [1.54, 1.807) is 4.58 Å². The molecule has 11 heavy (non-hydrogen) atoms. The van der Waals surface area contributed by atoms with Gasteiger partial charge in [0.05, 0.1) is 6.54 Å². The molecule has 0 fully saturated rings. The van der Waals surface area contributed by atoms with Gasteiger partial charge in [-0.2, -0.15) is 0 Å². The van der Waals surface area contributed by atoms with Crippen molar-refractivity contribution in [3.8, 4) is 0 Å². The third-order valence-electron chi connectivity index (χ3n) is 1.41. The van der Waals surface area contributed by atoms with E-state index in [0.717, 1.165) is 13.2 Å². The topological polar surface area (TPSA) is 43.5 Å². The van der Waals surface area contributed by atoms with Gasteiger partial charge in [0, 0.05) is 0 Å². The van der Waals surface area contributed by atoms with Gasteiger partial charge in [0.25, 0.3) is 0 Å². The van der Waals surface area contributed by atoms with E-state index < -0.39 is 5.97 Å². The number of carboxylic acids is 1. The molecular weight excluding hydrogens is 168 g/mol. The number of nitrogens with zero attached hydrogens (tertiary/aromatic N) is 2. The van der Waals surface area contributed by atoms with Crippen LogP contribution < -0.4 is 12.4 Å². The molecule has 1 rings (SSSR count). The van der Waals surface area contributed by atoms with Crippen molar-refractivity contribution < 1.29 is 26.9 Å². The fraction of sp³-hybridized carbons (Fsp3) is 0.667. The van der Waals surface area contributed by atoms with E-state index in [1.165, 1.54) is 0 Å². The van der Waals surface area contributed by atoms with Gasteiger partial charge in [0.15, 0.2) is 12.9 Å². The van der Waals surface area contributed by atoms with E-state index in [1.807, 2.05) is 18.2 Å². The summed E-state index contributed by atoms with van der Waals surface area (Å²) >= 11 is 0. The molecule has 0 aromatic rings. The van der Waals surface area contributed by atoms with Crippen molar-refractivity contribution in [3.05, 3.63) is 0 Å². The van der Waals surface area contributed by atoms with Crippen LogP contribution in [0.3, 0.4) is 0 Å². The van der Waals surface area contributed by atoms with E-state index in [2.05, 4.69) is 0 Å². The predicted octanol–water partition coefficient (Wildman–Crippen LogP) is -3.94. The van der Waals surface area contributed by atoms with Crippen LogP contribution in [0.5, 0.6) is 0 Å². The lowest BCUT2D eigenvalue weighted by Gasteiger charge is -1.99. The molecule has 64 valence electrons. The molecule has 1 aliphatic heterocycles. The second-order valence-electron chi connectivity index (χ2n) is 2.50. The first-order valence-corrected chi connectivity index (χ1v) is 3.16. The minimum absolute atomic E-state index is 0. The number of aliphatic carboxylic acids is 1. The molecule has 5 heteroatoms. The average Bonchev–Trinajstić information content (AvgIpc) is 2.13. The Labute approximate surface area is 71.5 Å². The monoisotopic (exact) mass is 178 g/mol. The largest absolute Gasteiger partial charge is 1.00 e. The summed E-state index contributed by atoms with van der Waals surface area (Å²) in [6.45, 7) is 1.70. The smallest absolute Gasteiger partial charge is 0.369 e. The van der Waals surface area contributed by atoms with Gasteiger partial charge < -0.3 is 17.5 Å². The van der Waals surface area contributed by atoms with Crippen LogP contribution in [-0.2, 0) is 4.79 Å². The highest BCUT2D eigenvalue weighted by atomic mass is 35.5. The highest BCUT2D eigenvalue weighted by Gasteiger charge is 2.18. The molecule has 0 saturated carbocycles. The van der Waals surface area contributed by atoms with Crippen molar-refractivity contribution in [2.24, 2.45) is 0 Å². The van der Waals surface area contributed by atoms with Gasteiger partial charge >= 0.3 is 5.97 Å². The third kappa shape index (κ3) is 3.34. The lowest BCUT2D eigenvalue weighted by molar-refractivity contribution is -0.521. The minimum atomic E-state index is -0.772. The Morgan fingerprint density at radius 3 is 2.82 bits per heavy atom. The Kier molecular flexibility index (Phi) is 4.07. The van der Waals surface area contributed by atoms with Gasteiger partial charge in [-0.25, -0.2) is 14.3 Å². The SMILES string of the molecule is CN1CC=[N+](CC(=O)O)C1.[Cl-]. The molecule has 0 aliphatic carbocycles. The zero-order chi connectivity index (χ0) is 7.56. The van der Waals surface area contributed by atoms with E-state index in [4.69, 9.17) is 5.11 Å². The third-order valence-corrected chi connectivity index (χ3v) is 1.41. The molecule has 0 unspecified atom stereocenters. The van der Waals surface area contributed by atoms with E-state index in [-0.39, 0.29) is 19.0 Å². The normalized spacial score (nSPS) is 17.4. The fourth-order valence-electron chi connectivity index (χ4n) is 0.969. The van der Waals surface area contributed by atoms with E-state index in [9.17, 15) is 4.79 Å². The Morgan fingerprint density at radius 1 is 1.82 bits per heavy atom. The maximum Gasteiger partial charge on any atom is 0.369 e. The van der Waals surface area contributed by atoms with Crippen LogP contribution in [0.15, 0.2) is 0 Å². The Balaban J connectivity index is 0.000001000. The summed E-state index contributed by atoms with van der Waals surface area (Å²) in [6.07, 6.45) is 1.90. The zero-order valence-corrected chi connectivity index (χ0v) is 7.08. The quantitative estimate of drug-likeness (QED) is 0.440. The fourth-order valence-corrected chi connectivity index (χ4v) is 0.969. The Bertz CT molecular complexity index is 181.